The van der Waals surface area contributed by atoms with Crippen LogP contribution in [-0.2, 0) is 0 Å². The summed E-state index contributed by atoms with van der Waals surface area (Å²) in [6.45, 7) is 5.36. The zero-order chi connectivity index (χ0) is 14.4. The lowest BCUT2D eigenvalue weighted by Gasteiger charge is -2.12. The summed E-state index contributed by atoms with van der Waals surface area (Å²) in [4.78, 5) is 9.26. The summed E-state index contributed by atoms with van der Waals surface area (Å²) in [5, 5.41) is 13.3. The third-order valence-electron chi connectivity index (χ3n) is 3.26. The number of aliphatic hydroxyl groups excluding tert-OH is 1. The quantitative estimate of drug-likeness (QED) is 0.760. The zero-order valence-corrected chi connectivity index (χ0v) is 12.3. The van der Waals surface area contributed by atoms with Gasteiger partial charge in [0.2, 0.25) is 0 Å². The van der Waals surface area contributed by atoms with Crippen molar-refractivity contribution in [3.63, 3.8) is 0 Å². The second-order valence-electron chi connectivity index (χ2n) is 5.31. The lowest BCUT2D eigenvalue weighted by Crippen LogP contribution is -2.08. The van der Waals surface area contributed by atoms with E-state index in [1.165, 1.54) is 0 Å². The number of hydrogen-bond acceptors (Lipinski definition) is 4. The summed E-state index contributed by atoms with van der Waals surface area (Å²) in [5.74, 6) is 2.11. The van der Waals surface area contributed by atoms with Crippen molar-refractivity contribution >= 4 is 16.7 Å². The van der Waals surface area contributed by atoms with Gasteiger partial charge in [0.15, 0.2) is 0 Å². The lowest BCUT2D eigenvalue weighted by atomic mass is 10.1. The highest BCUT2D eigenvalue weighted by molar-refractivity contribution is 5.89. The van der Waals surface area contributed by atoms with Crippen LogP contribution in [0.5, 0.6) is 0 Å². The van der Waals surface area contributed by atoms with E-state index in [0.29, 0.717) is 5.92 Å². The Labute approximate surface area is 120 Å². The van der Waals surface area contributed by atoms with E-state index in [1.807, 2.05) is 18.2 Å². The molecule has 4 heteroatoms. The minimum atomic E-state index is 0.272. The van der Waals surface area contributed by atoms with Crippen molar-refractivity contribution < 1.29 is 5.11 Å². The Balaban J connectivity index is 2.17. The molecule has 0 saturated carbocycles. The van der Waals surface area contributed by atoms with Gasteiger partial charge in [-0.05, 0) is 31.4 Å². The fraction of sp³-hybridized carbons (Fsp3) is 0.500. The van der Waals surface area contributed by atoms with Crippen LogP contribution in [0.25, 0.3) is 10.9 Å². The van der Waals surface area contributed by atoms with Crippen LogP contribution in [0.3, 0.4) is 0 Å². The van der Waals surface area contributed by atoms with Gasteiger partial charge in [-0.2, -0.15) is 0 Å². The molecule has 2 aromatic rings. The summed E-state index contributed by atoms with van der Waals surface area (Å²) >= 11 is 0. The van der Waals surface area contributed by atoms with Crippen LogP contribution < -0.4 is 5.32 Å². The zero-order valence-electron chi connectivity index (χ0n) is 12.3. The molecule has 0 bridgehead atoms. The fourth-order valence-corrected chi connectivity index (χ4v) is 2.11. The molecule has 108 valence electrons. The minimum absolute atomic E-state index is 0.272. The highest BCUT2D eigenvalue weighted by Gasteiger charge is 2.09. The molecule has 0 amide bonds. The third-order valence-corrected chi connectivity index (χ3v) is 3.26. The molecule has 0 fully saturated rings. The predicted molar refractivity (Wildman–Crippen MR) is 83.1 cm³/mol. The first-order valence-corrected chi connectivity index (χ1v) is 7.33. The van der Waals surface area contributed by atoms with Gasteiger partial charge in [0.1, 0.15) is 11.6 Å². The molecule has 1 aromatic carbocycles. The number of nitrogens with zero attached hydrogens (tertiary/aromatic N) is 2. The average Bonchev–Trinajstić information content (AvgIpc) is 2.46. The third kappa shape index (κ3) is 3.67. The number of fused-ring (bicyclic) bond motifs is 1. The smallest absolute Gasteiger partial charge is 0.137 e. The van der Waals surface area contributed by atoms with E-state index >= 15 is 0 Å². The topological polar surface area (TPSA) is 58.0 Å². The molecule has 0 unspecified atom stereocenters. The number of nitrogens with one attached hydrogen (secondary N) is 1. The lowest BCUT2D eigenvalue weighted by molar-refractivity contribution is 0.283. The summed E-state index contributed by atoms with van der Waals surface area (Å²) < 4.78 is 0. The van der Waals surface area contributed by atoms with E-state index in [-0.39, 0.29) is 6.61 Å². The standard InChI is InChI=1S/C16H23N3O/c1-12(2)15-18-14-9-5-4-8-13(14)16(19-15)17-10-6-3-7-11-20/h4-5,8-9,12,20H,3,6-7,10-11H2,1-2H3,(H,17,18,19). The summed E-state index contributed by atoms with van der Waals surface area (Å²) in [6.07, 6.45) is 2.93. The SMILES string of the molecule is CC(C)c1nc(NCCCCCO)c2ccccc2n1. The molecular formula is C16H23N3O. The number of para-hydroxylation sites is 1. The van der Waals surface area contributed by atoms with Crippen LogP contribution >= 0.6 is 0 Å². The maximum Gasteiger partial charge on any atom is 0.137 e. The van der Waals surface area contributed by atoms with E-state index in [9.17, 15) is 0 Å². The van der Waals surface area contributed by atoms with Crippen molar-refractivity contribution in [2.24, 2.45) is 0 Å². The van der Waals surface area contributed by atoms with Gasteiger partial charge in [-0.15, -0.1) is 0 Å². The number of unbranched alkanes of at least 4 members (excludes halogenated alkanes) is 2. The Morgan fingerprint density at radius 1 is 1.10 bits per heavy atom. The van der Waals surface area contributed by atoms with Gasteiger partial charge in [0, 0.05) is 24.5 Å². The van der Waals surface area contributed by atoms with Crippen molar-refractivity contribution in [2.45, 2.75) is 39.0 Å². The van der Waals surface area contributed by atoms with Crippen LogP contribution in [0.2, 0.25) is 0 Å². The molecule has 1 heterocycles. The number of rotatable bonds is 7. The molecule has 0 radical (unpaired) electrons. The van der Waals surface area contributed by atoms with Crippen molar-refractivity contribution in [1.29, 1.82) is 0 Å². The van der Waals surface area contributed by atoms with Gasteiger partial charge in [0.05, 0.1) is 5.52 Å². The Morgan fingerprint density at radius 2 is 1.90 bits per heavy atom. The van der Waals surface area contributed by atoms with E-state index in [1.54, 1.807) is 0 Å². The monoisotopic (exact) mass is 273 g/mol. The van der Waals surface area contributed by atoms with Crippen molar-refractivity contribution in [2.75, 3.05) is 18.5 Å². The van der Waals surface area contributed by atoms with Gasteiger partial charge >= 0.3 is 0 Å². The fourth-order valence-electron chi connectivity index (χ4n) is 2.11. The van der Waals surface area contributed by atoms with Gasteiger partial charge in [-0.3, -0.25) is 0 Å². The number of aliphatic hydroxyl groups is 1. The van der Waals surface area contributed by atoms with Gasteiger partial charge < -0.3 is 10.4 Å². The van der Waals surface area contributed by atoms with E-state index in [4.69, 9.17) is 5.11 Å². The van der Waals surface area contributed by atoms with Crippen LogP contribution in [0, 0.1) is 0 Å². The first kappa shape index (κ1) is 14.7. The molecule has 0 aliphatic carbocycles. The minimum Gasteiger partial charge on any atom is -0.396 e. The normalized spacial score (nSPS) is 11.2. The summed E-state index contributed by atoms with van der Waals surface area (Å²) in [6, 6.07) is 8.09. The highest BCUT2D eigenvalue weighted by atomic mass is 16.2. The van der Waals surface area contributed by atoms with E-state index < -0.39 is 0 Å². The molecule has 1 aromatic heterocycles. The van der Waals surface area contributed by atoms with Crippen LogP contribution in [0.1, 0.15) is 44.9 Å². The molecular weight excluding hydrogens is 250 g/mol. The maximum atomic E-state index is 8.78. The molecule has 0 atom stereocenters. The van der Waals surface area contributed by atoms with Gasteiger partial charge in [0.25, 0.3) is 0 Å². The summed E-state index contributed by atoms with van der Waals surface area (Å²) in [5.41, 5.74) is 0.990. The maximum absolute atomic E-state index is 8.78. The number of anilines is 1. The largest absolute Gasteiger partial charge is 0.396 e. The second-order valence-corrected chi connectivity index (χ2v) is 5.31. The molecule has 0 aliphatic rings. The molecule has 2 N–H and O–H groups in total. The second kappa shape index (κ2) is 7.20. The van der Waals surface area contributed by atoms with Crippen LogP contribution in [0.15, 0.2) is 24.3 Å². The Bertz CT molecular complexity index is 554. The molecule has 2 rings (SSSR count). The summed E-state index contributed by atoms with van der Waals surface area (Å²) in [7, 11) is 0. The Morgan fingerprint density at radius 3 is 2.65 bits per heavy atom. The van der Waals surface area contributed by atoms with E-state index in [0.717, 1.165) is 48.4 Å². The van der Waals surface area contributed by atoms with Gasteiger partial charge in [-0.1, -0.05) is 26.0 Å². The highest BCUT2D eigenvalue weighted by Crippen LogP contribution is 2.22. The Hall–Kier alpha value is -1.68. The number of aromatic nitrogens is 2. The first-order chi connectivity index (χ1) is 9.72. The number of benzene rings is 1. The molecule has 0 aliphatic heterocycles. The van der Waals surface area contributed by atoms with Crippen molar-refractivity contribution in [1.82, 2.24) is 9.97 Å². The number of hydrogen-bond donors (Lipinski definition) is 2. The average molecular weight is 273 g/mol. The van der Waals surface area contributed by atoms with Crippen LogP contribution in [-0.4, -0.2) is 28.2 Å². The van der Waals surface area contributed by atoms with E-state index in [2.05, 4.69) is 35.2 Å². The van der Waals surface area contributed by atoms with Crippen molar-refractivity contribution in [3.8, 4) is 0 Å². The van der Waals surface area contributed by atoms with Crippen molar-refractivity contribution in [3.05, 3.63) is 30.1 Å². The Kier molecular flexibility index (Phi) is 5.30. The predicted octanol–water partition coefficient (Wildman–Crippen LogP) is 3.33. The van der Waals surface area contributed by atoms with Crippen LogP contribution in [0.4, 0.5) is 5.82 Å². The molecule has 20 heavy (non-hydrogen) atoms. The molecule has 0 spiro atoms. The molecule has 0 saturated heterocycles. The first-order valence-electron chi connectivity index (χ1n) is 7.33. The molecule has 4 nitrogen and oxygen atoms in total. The van der Waals surface area contributed by atoms with Gasteiger partial charge in [-0.25, -0.2) is 9.97 Å².